The van der Waals surface area contributed by atoms with Crippen molar-refractivity contribution in [3.8, 4) is 0 Å². The lowest BCUT2D eigenvalue weighted by Gasteiger charge is -2.34. The molecule has 2 fully saturated rings. The number of rotatable bonds is 6. The Morgan fingerprint density at radius 1 is 1.14 bits per heavy atom. The molecule has 0 aromatic rings. The second kappa shape index (κ2) is 8.14. The van der Waals surface area contributed by atoms with Gasteiger partial charge in [0.15, 0.2) is 0 Å². The molecule has 1 saturated heterocycles. The highest BCUT2D eigenvalue weighted by Gasteiger charge is 2.26. The molecular formula is C17H32N2O2. The van der Waals surface area contributed by atoms with E-state index in [1.165, 1.54) is 32.5 Å². The van der Waals surface area contributed by atoms with Gasteiger partial charge in [-0.1, -0.05) is 13.8 Å². The molecule has 21 heavy (non-hydrogen) atoms. The first-order chi connectivity index (χ1) is 10.0. The molecule has 4 heteroatoms. The smallest absolute Gasteiger partial charge is 0.306 e. The normalized spacial score (nSPS) is 28.9. The van der Waals surface area contributed by atoms with Crippen LogP contribution in [0, 0.1) is 17.8 Å². The molecule has 122 valence electrons. The van der Waals surface area contributed by atoms with Gasteiger partial charge in [-0.3, -0.25) is 4.79 Å². The maximum Gasteiger partial charge on any atom is 0.306 e. The lowest BCUT2D eigenvalue weighted by molar-refractivity contribution is -0.143. The average molecular weight is 296 g/mol. The fourth-order valence-corrected chi connectivity index (χ4v) is 3.78. The van der Waals surface area contributed by atoms with Gasteiger partial charge in [0.25, 0.3) is 0 Å². The van der Waals surface area contributed by atoms with E-state index in [1.54, 1.807) is 0 Å². The molecule has 1 saturated carbocycles. The Hall–Kier alpha value is -0.610. The van der Waals surface area contributed by atoms with E-state index < -0.39 is 5.97 Å². The summed E-state index contributed by atoms with van der Waals surface area (Å²) in [6, 6.07) is 0.672. The van der Waals surface area contributed by atoms with Crippen LogP contribution in [0.2, 0.25) is 0 Å². The van der Waals surface area contributed by atoms with Crippen molar-refractivity contribution in [1.82, 2.24) is 10.2 Å². The molecule has 0 bridgehead atoms. The maximum absolute atomic E-state index is 11.0. The van der Waals surface area contributed by atoms with Gasteiger partial charge >= 0.3 is 5.97 Å². The fraction of sp³-hybridized carbons (Fsp3) is 0.941. The first kappa shape index (κ1) is 16.8. The minimum Gasteiger partial charge on any atom is -0.481 e. The summed E-state index contributed by atoms with van der Waals surface area (Å²) in [7, 11) is 0. The number of likely N-dealkylation sites (tertiary alicyclic amines) is 1. The number of nitrogens with one attached hydrogen (secondary N) is 1. The Bertz CT molecular complexity index is 317. The SMILES string of the molecule is CC(C)CN1CCC(NCC2CCC(C(=O)O)CC2)CC1. The van der Waals surface area contributed by atoms with Gasteiger partial charge in [-0.15, -0.1) is 0 Å². The van der Waals surface area contributed by atoms with E-state index in [0.29, 0.717) is 12.0 Å². The van der Waals surface area contributed by atoms with E-state index in [0.717, 1.165) is 38.1 Å². The zero-order valence-corrected chi connectivity index (χ0v) is 13.7. The largest absolute Gasteiger partial charge is 0.481 e. The number of hydrogen-bond acceptors (Lipinski definition) is 3. The molecule has 0 amide bonds. The highest BCUT2D eigenvalue weighted by molar-refractivity contribution is 5.69. The van der Waals surface area contributed by atoms with Gasteiger partial charge in [0.2, 0.25) is 0 Å². The van der Waals surface area contributed by atoms with Crippen LogP contribution in [0.4, 0.5) is 0 Å². The lowest BCUT2D eigenvalue weighted by atomic mass is 9.82. The van der Waals surface area contributed by atoms with Gasteiger partial charge in [0.05, 0.1) is 5.92 Å². The Kier molecular flexibility index (Phi) is 6.49. The Balaban J connectivity index is 1.59. The third-order valence-electron chi connectivity index (χ3n) is 5.10. The summed E-state index contributed by atoms with van der Waals surface area (Å²) >= 11 is 0. The number of piperidine rings is 1. The Morgan fingerprint density at radius 2 is 1.76 bits per heavy atom. The molecule has 1 aliphatic carbocycles. The molecule has 0 aromatic heterocycles. The standard InChI is InChI=1S/C17H32N2O2/c1-13(2)12-19-9-7-16(8-10-19)18-11-14-3-5-15(6-4-14)17(20)21/h13-16,18H,3-12H2,1-2H3,(H,20,21). The van der Waals surface area contributed by atoms with Crippen molar-refractivity contribution in [2.24, 2.45) is 17.8 Å². The predicted molar refractivity (Wildman–Crippen MR) is 85.4 cm³/mol. The number of carboxylic acid groups (broad SMARTS) is 1. The third kappa shape index (κ3) is 5.59. The first-order valence-electron chi connectivity index (χ1n) is 8.73. The number of carboxylic acids is 1. The van der Waals surface area contributed by atoms with E-state index in [2.05, 4.69) is 24.1 Å². The number of hydrogen-bond donors (Lipinski definition) is 2. The molecule has 0 unspecified atom stereocenters. The minimum absolute atomic E-state index is 0.0828. The van der Waals surface area contributed by atoms with E-state index in [9.17, 15) is 4.79 Å². The van der Waals surface area contributed by atoms with Gasteiger partial charge in [-0.05, 0) is 70.0 Å². The van der Waals surface area contributed by atoms with Crippen LogP contribution in [0.1, 0.15) is 52.4 Å². The Morgan fingerprint density at radius 3 is 2.29 bits per heavy atom. The van der Waals surface area contributed by atoms with Crippen molar-refractivity contribution in [2.45, 2.75) is 58.4 Å². The summed E-state index contributed by atoms with van der Waals surface area (Å²) < 4.78 is 0. The van der Waals surface area contributed by atoms with Crippen molar-refractivity contribution < 1.29 is 9.90 Å². The zero-order valence-electron chi connectivity index (χ0n) is 13.7. The zero-order chi connectivity index (χ0) is 15.2. The van der Waals surface area contributed by atoms with Gasteiger partial charge in [0.1, 0.15) is 0 Å². The molecule has 0 atom stereocenters. The van der Waals surface area contributed by atoms with Crippen LogP contribution in [0.5, 0.6) is 0 Å². The highest BCUT2D eigenvalue weighted by atomic mass is 16.4. The van der Waals surface area contributed by atoms with Crippen molar-refractivity contribution >= 4 is 5.97 Å². The summed E-state index contributed by atoms with van der Waals surface area (Å²) in [5, 5.41) is 12.8. The molecule has 1 aliphatic heterocycles. The highest BCUT2D eigenvalue weighted by Crippen LogP contribution is 2.28. The molecule has 0 radical (unpaired) electrons. The maximum atomic E-state index is 11.0. The summed E-state index contributed by atoms with van der Waals surface area (Å²) in [5.74, 6) is 0.771. The van der Waals surface area contributed by atoms with Crippen molar-refractivity contribution in [2.75, 3.05) is 26.2 Å². The van der Waals surface area contributed by atoms with Crippen LogP contribution in [-0.4, -0.2) is 48.2 Å². The van der Waals surface area contributed by atoms with E-state index >= 15 is 0 Å². The van der Waals surface area contributed by atoms with Gasteiger partial charge < -0.3 is 15.3 Å². The van der Waals surface area contributed by atoms with Gasteiger partial charge in [-0.25, -0.2) is 0 Å². The molecule has 1 heterocycles. The van der Waals surface area contributed by atoms with Crippen LogP contribution >= 0.6 is 0 Å². The van der Waals surface area contributed by atoms with Crippen LogP contribution in [-0.2, 0) is 4.79 Å². The summed E-state index contributed by atoms with van der Waals surface area (Å²) in [6.07, 6.45) is 6.42. The lowest BCUT2D eigenvalue weighted by Crippen LogP contribution is -2.45. The van der Waals surface area contributed by atoms with Crippen LogP contribution in [0.25, 0.3) is 0 Å². The monoisotopic (exact) mass is 296 g/mol. The number of carbonyl (C=O) groups is 1. The van der Waals surface area contributed by atoms with E-state index in [1.807, 2.05) is 0 Å². The van der Waals surface area contributed by atoms with Gasteiger partial charge in [0, 0.05) is 12.6 Å². The molecule has 2 aliphatic rings. The second-order valence-corrected chi connectivity index (χ2v) is 7.43. The third-order valence-corrected chi connectivity index (χ3v) is 5.10. The van der Waals surface area contributed by atoms with Crippen molar-refractivity contribution in [1.29, 1.82) is 0 Å². The molecular weight excluding hydrogens is 264 g/mol. The fourth-order valence-electron chi connectivity index (χ4n) is 3.78. The predicted octanol–water partition coefficient (Wildman–Crippen LogP) is 2.59. The first-order valence-corrected chi connectivity index (χ1v) is 8.73. The molecule has 2 N–H and O–H groups in total. The molecule has 0 spiro atoms. The van der Waals surface area contributed by atoms with Crippen LogP contribution in [0.3, 0.4) is 0 Å². The quantitative estimate of drug-likeness (QED) is 0.791. The summed E-state index contributed by atoms with van der Waals surface area (Å²) in [5.41, 5.74) is 0. The summed E-state index contributed by atoms with van der Waals surface area (Å²) in [4.78, 5) is 13.5. The number of nitrogens with zero attached hydrogens (tertiary/aromatic N) is 1. The van der Waals surface area contributed by atoms with Crippen LogP contribution < -0.4 is 5.32 Å². The average Bonchev–Trinajstić information content (AvgIpc) is 2.46. The minimum atomic E-state index is -0.598. The van der Waals surface area contributed by atoms with Crippen molar-refractivity contribution in [3.05, 3.63) is 0 Å². The van der Waals surface area contributed by atoms with Crippen LogP contribution in [0.15, 0.2) is 0 Å². The number of aliphatic carboxylic acids is 1. The van der Waals surface area contributed by atoms with Crippen molar-refractivity contribution in [3.63, 3.8) is 0 Å². The van der Waals surface area contributed by atoms with E-state index in [-0.39, 0.29) is 5.92 Å². The molecule has 2 rings (SSSR count). The summed E-state index contributed by atoms with van der Waals surface area (Å²) in [6.45, 7) is 9.34. The molecule has 4 nitrogen and oxygen atoms in total. The Labute approximate surface area is 129 Å². The molecule has 0 aromatic carbocycles. The van der Waals surface area contributed by atoms with E-state index in [4.69, 9.17) is 5.11 Å². The second-order valence-electron chi connectivity index (χ2n) is 7.43. The van der Waals surface area contributed by atoms with Gasteiger partial charge in [-0.2, -0.15) is 0 Å². The topological polar surface area (TPSA) is 52.6 Å².